The van der Waals surface area contributed by atoms with Gasteiger partial charge in [0.1, 0.15) is 6.54 Å². The molecular formula is C23H23ClN2O3S. The lowest BCUT2D eigenvalue weighted by Gasteiger charge is -2.24. The SMILES string of the molecule is CCc1ccccc1NC(=O)CN(c1ccc(Cl)cc1)S(=O)(=O)c1ccc(C)cc1. The summed E-state index contributed by atoms with van der Waals surface area (Å²) in [4.78, 5) is 12.9. The quantitative estimate of drug-likeness (QED) is 0.557. The van der Waals surface area contributed by atoms with E-state index in [1.165, 1.54) is 12.1 Å². The van der Waals surface area contributed by atoms with Crippen LogP contribution in [0.5, 0.6) is 0 Å². The average Bonchev–Trinajstić information content (AvgIpc) is 2.73. The summed E-state index contributed by atoms with van der Waals surface area (Å²) in [6, 6.07) is 20.4. The van der Waals surface area contributed by atoms with Crippen LogP contribution >= 0.6 is 11.6 Å². The van der Waals surface area contributed by atoms with Crippen LogP contribution in [0, 0.1) is 6.92 Å². The van der Waals surface area contributed by atoms with Crippen molar-refractivity contribution in [1.82, 2.24) is 0 Å². The Hall–Kier alpha value is -2.83. The lowest BCUT2D eigenvalue weighted by Crippen LogP contribution is -2.38. The fourth-order valence-electron chi connectivity index (χ4n) is 3.03. The minimum atomic E-state index is -3.96. The van der Waals surface area contributed by atoms with Crippen LogP contribution in [0.15, 0.2) is 77.7 Å². The van der Waals surface area contributed by atoms with Gasteiger partial charge >= 0.3 is 0 Å². The second-order valence-electron chi connectivity index (χ2n) is 6.86. The Labute approximate surface area is 182 Å². The molecule has 5 nitrogen and oxygen atoms in total. The number of carbonyl (C=O) groups excluding carboxylic acids is 1. The van der Waals surface area contributed by atoms with Crippen LogP contribution in [0.1, 0.15) is 18.1 Å². The van der Waals surface area contributed by atoms with E-state index in [0.29, 0.717) is 16.4 Å². The fraction of sp³-hybridized carbons (Fsp3) is 0.174. The minimum absolute atomic E-state index is 0.116. The fourth-order valence-corrected chi connectivity index (χ4v) is 4.58. The molecule has 0 spiro atoms. The molecule has 0 bridgehead atoms. The first-order valence-corrected chi connectivity index (χ1v) is 11.4. The number of aryl methyl sites for hydroxylation is 2. The summed E-state index contributed by atoms with van der Waals surface area (Å²) in [5.74, 6) is -0.429. The molecule has 0 saturated carbocycles. The van der Waals surface area contributed by atoms with E-state index in [1.54, 1.807) is 42.5 Å². The zero-order chi connectivity index (χ0) is 21.7. The number of benzene rings is 3. The number of hydrogen-bond acceptors (Lipinski definition) is 3. The van der Waals surface area contributed by atoms with Crippen molar-refractivity contribution in [2.24, 2.45) is 0 Å². The van der Waals surface area contributed by atoms with Crippen LogP contribution in [0.3, 0.4) is 0 Å². The van der Waals surface area contributed by atoms with Crippen molar-refractivity contribution in [1.29, 1.82) is 0 Å². The first-order valence-electron chi connectivity index (χ1n) is 9.54. The van der Waals surface area contributed by atoms with Gasteiger partial charge in [-0.05, 0) is 61.4 Å². The second-order valence-corrected chi connectivity index (χ2v) is 9.16. The Bertz CT molecular complexity index is 1130. The Kier molecular flexibility index (Phi) is 6.80. The lowest BCUT2D eigenvalue weighted by molar-refractivity contribution is -0.114. The van der Waals surface area contributed by atoms with E-state index in [0.717, 1.165) is 21.9 Å². The van der Waals surface area contributed by atoms with Gasteiger partial charge in [-0.15, -0.1) is 0 Å². The molecule has 1 N–H and O–H groups in total. The first kappa shape index (κ1) is 21.9. The predicted octanol–water partition coefficient (Wildman–Crippen LogP) is 5.04. The highest BCUT2D eigenvalue weighted by atomic mass is 35.5. The number of anilines is 2. The third-order valence-electron chi connectivity index (χ3n) is 4.68. The number of sulfonamides is 1. The Morgan fingerprint density at radius 2 is 1.60 bits per heavy atom. The largest absolute Gasteiger partial charge is 0.324 e. The maximum atomic E-state index is 13.4. The third kappa shape index (κ3) is 5.01. The molecule has 0 aromatic heterocycles. The van der Waals surface area contributed by atoms with Gasteiger partial charge in [0.2, 0.25) is 5.91 Å². The van der Waals surface area contributed by atoms with Crippen molar-refractivity contribution < 1.29 is 13.2 Å². The van der Waals surface area contributed by atoms with Crippen molar-refractivity contribution in [3.63, 3.8) is 0 Å². The summed E-state index contributed by atoms with van der Waals surface area (Å²) in [5, 5.41) is 3.31. The highest BCUT2D eigenvalue weighted by Crippen LogP contribution is 2.26. The molecular weight excluding hydrogens is 420 g/mol. The third-order valence-corrected chi connectivity index (χ3v) is 6.72. The van der Waals surface area contributed by atoms with E-state index in [2.05, 4.69) is 5.32 Å². The van der Waals surface area contributed by atoms with Gasteiger partial charge in [0, 0.05) is 10.7 Å². The number of halogens is 1. The molecule has 3 aromatic carbocycles. The van der Waals surface area contributed by atoms with Gasteiger partial charge in [-0.1, -0.05) is 54.4 Å². The zero-order valence-corrected chi connectivity index (χ0v) is 18.4. The first-order chi connectivity index (χ1) is 14.3. The number of carbonyl (C=O) groups is 1. The normalized spacial score (nSPS) is 11.2. The van der Waals surface area contributed by atoms with Gasteiger partial charge in [0.25, 0.3) is 10.0 Å². The molecule has 0 aliphatic rings. The zero-order valence-electron chi connectivity index (χ0n) is 16.8. The van der Waals surface area contributed by atoms with Crippen LogP contribution < -0.4 is 9.62 Å². The van der Waals surface area contributed by atoms with Crippen LogP contribution in [-0.4, -0.2) is 20.9 Å². The molecule has 0 radical (unpaired) electrons. The Balaban J connectivity index is 1.94. The molecule has 0 unspecified atom stereocenters. The maximum absolute atomic E-state index is 13.4. The van der Waals surface area contributed by atoms with E-state index in [4.69, 9.17) is 11.6 Å². The van der Waals surface area contributed by atoms with Gasteiger partial charge < -0.3 is 5.32 Å². The topological polar surface area (TPSA) is 66.5 Å². The van der Waals surface area contributed by atoms with Crippen LogP contribution in [-0.2, 0) is 21.2 Å². The molecule has 0 fully saturated rings. The molecule has 0 heterocycles. The van der Waals surface area contributed by atoms with E-state index >= 15 is 0 Å². The van der Waals surface area contributed by atoms with Crippen molar-refractivity contribution in [2.45, 2.75) is 25.2 Å². The van der Waals surface area contributed by atoms with E-state index in [9.17, 15) is 13.2 Å². The van der Waals surface area contributed by atoms with Gasteiger partial charge in [0.15, 0.2) is 0 Å². The highest BCUT2D eigenvalue weighted by molar-refractivity contribution is 7.92. The number of rotatable bonds is 7. The summed E-state index contributed by atoms with van der Waals surface area (Å²) >= 11 is 5.96. The molecule has 0 saturated heterocycles. The molecule has 0 aliphatic carbocycles. The second kappa shape index (κ2) is 9.32. The lowest BCUT2D eigenvalue weighted by atomic mass is 10.1. The number of para-hydroxylation sites is 1. The van der Waals surface area contributed by atoms with E-state index in [1.807, 2.05) is 32.0 Å². The molecule has 1 amide bonds. The van der Waals surface area contributed by atoms with E-state index in [-0.39, 0.29) is 11.4 Å². The molecule has 7 heteroatoms. The van der Waals surface area contributed by atoms with Crippen molar-refractivity contribution in [3.8, 4) is 0 Å². The number of hydrogen-bond donors (Lipinski definition) is 1. The van der Waals surface area contributed by atoms with Gasteiger partial charge in [-0.2, -0.15) is 0 Å². The van der Waals surface area contributed by atoms with Crippen molar-refractivity contribution >= 4 is 38.9 Å². The average molecular weight is 443 g/mol. The Morgan fingerprint density at radius 1 is 0.967 bits per heavy atom. The monoisotopic (exact) mass is 442 g/mol. The number of nitrogens with zero attached hydrogens (tertiary/aromatic N) is 1. The van der Waals surface area contributed by atoms with E-state index < -0.39 is 15.9 Å². The summed E-state index contributed by atoms with van der Waals surface area (Å²) in [5.41, 5.74) is 2.96. The van der Waals surface area contributed by atoms with Crippen molar-refractivity contribution in [3.05, 3.63) is 88.9 Å². The van der Waals surface area contributed by atoms with Crippen LogP contribution in [0.2, 0.25) is 5.02 Å². The number of amides is 1. The summed E-state index contributed by atoms with van der Waals surface area (Å²) in [6.07, 6.45) is 0.749. The molecule has 0 aliphatic heterocycles. The molecule has 156 valence electrons. The Morgan fingerprint density at radius 3 is 2.23 bits per heavy atom. The van der Waals surface area contributed by atoms with Crippen LogP contribution in [0.25, 0.3) is 0 Å². The standard InChI is InChI=1S/C23H23ClN2O3S/c1-3-18-6-4-5-7-22(18)25-23(27)16-26(20-12-10-19(24)11-13-20)30(28,29)21-14-8-17(2)9-15-21/h4-15H,3,16H2,1-2H3,(H,25,27). The van der Waals surface area contributed by atoms with Gasteiger partial charge in [-0.25, -0.2) is 8.42 Å². The molecule has 3 aromatic rings. The highest BCUT2D eigenvalue weighted by Gasteiger charge is 2.27. The predicted molar refractivity (Wildman–Crippen MR) is 122 cm³/mol. The molecule has 30 heavy (non-hydrogen) atoms. The maximum Gasteiger partial charge on any atom is 0.264 e. The van der Waals surface area contributed by atoms with Crippen molar-refractivity contribution in [2.75, 3.05) is 16.2 Å². The van der Waals surface area contributed by atoms with Gasteiger partial charge in [0.05, 0.1) is 10.6 Å². The van der Waals surface area contributed by atoms with Crippen LogP contribution in [0.4, 0.5) is 11.4 Å². The molecule has 3 rings (SSSR count). The van der Waals surface area contributed by atoms with Gasteiger partial charge in [-0.3, -0.25) is 9.10 Å². The summed E-state index contributed by atoms with van der Waals surface area (Å²) in [6.45, 7) is 3.51. The smallest absolute Gasteiger partial charge is 0.264 e. The minimum Gasteiger partial charge on any atom is -0.324 e. The molecule has 0 atom stereocenters. The summed E-state index contributed by atoms with van der Waals surface area (Å²) in [7, 11) is -3.96. The summed E-state index contributed by atoms with van der Waals surface area (Å²) < 4.78 is 27.8. The number of nitrogens with one attached hydrogen (secondary N) is 1.